The zero-order chi connectivity index (χ0) is 28.3. The van der Waals surface area contributed by atoms with Crippen molar-refractivity contribution in [3.63, 3.8) is 0 Å². The second kappa shape index (κ2) is 10.0. The summed E-state index contributed by atoms with van der Waals surface area (Å²) in [7, 11) is -3.01. The number of carbonyl (C=O) groups excluding carboxylic acids is 1. The highest BCUT2D eigenvalue weighted by molar-refractivity contribution is 7.91. The monoisotopic (exact) mass is 592 g/mol. The van der Waals surface area contributed by atoms with E-state index in [0.29, 0.717) is 43.1 Å². The second-order valence-electron chi connectivity index (χ2n) is 11.7. The van der Waals surface area contributed by atoms with Gasteiger partial charge in [0.2, 0.25) is 11.8 Å². The largest absolute Gasteiger partial charge is 0.369 e. The number of sulfone groups is 1. The van der Waals surface area contributed by atoms with E-state index < -0.39 is 39.3 Å². The van der Waals surface area contributed by atoms with Gasteiger partial charge in [0.25, 0.3) is 0 Å². The van der Waals surface area contributed by atoms with E-state index in [0.717, 1.165) is 16.1 Å². The zero-order valence-corrected chi connectivity index (χ0v) is 23.5. The quantitative estimate of drug-likeness (QED) is 0.509. The fourth-order valence-electron chi connectivity index (χ4n) is 6.07. The molecule has 4 aliphatic rings. The lowest BCUT2D eigenvalue weighted by Crippen LogP contribution is -2.44. The molecule has 6 rings (SSSR count). The van der Waals surface area contributed by atoms with Gasteiger partial charge in [-0.05, 0) is 49.8 Å². The average Bonchev–Trinajstić information content (AvgIpc) is 3.54. The fraction of sp³-hybridized carbons (Fsp3) is 0.607. The SMILES string of the molecule is N#CC1(NC(=O)C2CC(F)CCC2c2nc(C3CC(F)(F)C3)sc2-c2ccc(N3CCS(=O)(=O)CC3)cc2)CC1. The first-order chi connectivity index (χ1) is 19.0. The molecular weight excluding hydrogens is 561 g/mol. The van der Waals surface area contributed by atoms with E-state index in [1.54, 1.807) is 0 Å². The first-order valence-electron chi connectivity index (χ1n) is 13.8. The van der Waals surface area contributed by atoms with Crippen LogP contribution in [0, 0.1) is 17.2 Å². The molecule has 0 radical (unpaired) electrons. The third-order valence-corrected chi connectivity index (χ3v) is 11.6. The Morgan fingerprint density at radius 1 is 1.12 bits per heavy atom. The van der Waals surface area contributed by atoms with E-state index in [9.17, 15) is 31.6 Å². The van der Waals surface area contributed by atoms with E-state index in [4.69, 9.17) is 4.98 Å². The number of aromatic nitrogens is 1. The van der Waals surface area contributed by atoms with Crippen LogP contribution in [0.1, 0.15) is 67.5 Å². The number of alkyl halides is 3. The smallest absolute Gasteiger partial charge is 0.249 e. The minimum Gasteiger partial charge on any atom is -0.369 e. The maximum absolute atomic E-state index is 14.6. The van der Waals surface area contributed by atoms with Crippen LogP contribution in [0.5, 0.6) is 0 Å². The predicted molar refractivity (Wildman–Crippen MR) is 146 cm³/mol. The molecule has 1 aliphatic heterocycles. The standard InChI is InChI=1S/C28H31F3N4O3S2/c29-19-3-6-21(22(13-19)25(36)34-27(16-32)7-8-27)23-24(39-26(33-23)18-14-28(30,31)15-18)17-1-4-20(5-2-17)35-9-11-40(37,38)12-10-35/h1-2,4-5,18-19,21-22H,3,6-15H2,(H,34,36). The van der Waals surface area contributed by atoms with Crippen molar-refractivity contribution >= 4 is 32.8 Å². The predicted octanol–water partition coefficient (Wildman–Crippen LogP) is 4.95. The molecule has 1 aromatic carbocycles. The number of rotatable bonds is 6. The number of halogens is 3. The molecule has 0 spiro atoms. The number of amides is 1. The third-order valence-electron chi connectivity index (χ3n) is 8.75. The highest BCUT2D eigenvalue weighted by atomic mass is 32.2. The number of nitriles is 1. The van der Waals surface area contributed by atoms with Crippen LogP contribution in [0.4, 0.5) is 18.9 Å². The van der Waals surface area contributed by atoms with Gasteiger partial charge in [0.15, 0.2) is 9.84 Å². The number of carbonyl (C=O) groups is 1. The summed E-state index contributed by atoms with van der Waals surface area (Å²) in [5.41, 5.74) is 1.49. The van der Waals surface area contributed by atoms with Crippen LogP contribution in [0.2, 0.25) is 0 Å². The molecule has 214 valence electrons. The summed E-state index contributed by atoms with van der Waals surface area (Å²) in [4.78, 5) is 21.0. The summed E-state index contributed by atoms with van der Waals surface area (Å²) in [6, 6.07) is 9.82. The van der Waals surface area contributed by atoms with Gasteiger partial charge in [-0.25, -0.2) is 26.6 Å². The van der Waals surface area contributed by atoms with E-state index in [2.05, 4.69) is 11.4 Å². The lowest BCUT2D eigenvalue weighted by molar-refractivity contribution is -0.128. The molecule has 3 atom stereocenters. The van der Waals surface area contributed by atoms with Crippen molar-refractivity contribution in [3.8, 4) is 16.5 Å². The summed E-state index contributed by atoms with van der Waals surface area (Å²) < 4.78 is 65.8. The van der Waals surface area contributed by atoms with Gasteiger partial charge in [-0.2, -0.15) is 5.26 Å². The number of nitrogens with zero attached hydrogens (tertiary/aromatic N) is 3. The zero-order valence-electron chi connectivity index (χ0n) is 21.9. The summed E-state index contributed by atoms with van der Waals surface area (Å²) in [5.74, 6) is -4.30. The van der Waals surface area contributed by atoms with Crippen LogP contribution in [0.25, 0.3) is 10.4 Å². The molecule has 7 nitrogen and oxygen atoms in total. The van der Waals surface area contributed by atoms with Crippen LogP contribution in [-0.2, 0) is 14.6 Å². The van der Waals surface area contributed by atoms with E-state index in [1.807, 2.05) is 29.2 Å². The Hall–Kier alpha value is -2.65. The second-order valence-corrected chi connectivity index (χ2v) is 15.1. The summed E-state index contributed by atoms with van der Waals surface area (Å²) in [6.07, 6.45) is 0.195. The minimum atomic E-state index is -3.01. The Morgan fingerprint density at radius 3 is 2.40 bits per heavy atom. The molecule has 3 aliphatic carbocycles. The van der Waals surface area contributed by atoms with Gasteiger partial charge >= 0.3 is 0 Å². The number of nitrogens with one attached hydrogen (secondary N) is 1. The van der Waals surface area contributed by atoms with Gasteiger partial charge in [0, 0.05) is 49.4 Å². The average molecular weight is 593 g/mol. The van der Waals surface area contributed by atoms with Gasteiger partial charge in [0.1, 0.15) is 11.7 Å². The van der Waals surface area contributed by atoms with Gasteiger partial charge in [-0.15, -0.1) is 11.3 Å². The van der Waals surface area contributed by atoms with Crippen LogP contribution in [-0.4, -0.2) is 61.5 Å². The van der Waals surface area contributed by atoms with Gasteiger partial charge in [-0.1, -0.05) is 12.1 Å². The summed E-state index contributed by atoms with van der Waals surface area (Å²) >= 11 is 1.36. The van der Waals surface area contributed by atoms with Crippen molar-refractivity contribution in [1.82, 2.24) is 10.3 Å². The maximum atomic E-state index is 14.6. The number of hydrogen-bond donors (Lipinski definition) is 1. The fourth-order valence-corrected chi connectivity index (χ4v) is 8.51. The molecule has 2 heterocycles. The normalized spacial score (nSPS) is 28.8. The first-order valence-corrected chi connectivity index (χ1v) is 16.4. The Balaban J connectivity index is 1.31. The van der Waals surface area contributed by atoms with Crippen LogP contribution in [0.15, 0.2) is 24.3 Å². The highest BCUT2D eigenvalue weighted by Crippen LogP contribution is 2.52. The Labute approximate surface area is 235 Å². The molecular formula is C28H31F3N4O3S2. The van der Waals surface area contributed by atoms with E-state index in [-0.39, 0.29) is 49.0 Å². The number of anilines is 1. The topological polar surface area (TPSA) is 103 Å². The number of hydrogen-bond acceptors (Lipinski definition) is 7. The van der Waals surface area contributed by atoms with Gasteiger partial charge in [0.05, 0.1) is 33.2 Å². The van der Waals surface area contributed by atoms with Crippen LogP contribution >= 0.6 is 11.3 Å². The molecule has 2 aromatic rings. The van der Waals surface area contributed by atoms with Gasteiger partial charge < -0.3 is 10.2 Å². The third kappa shape index (κ3) is 5.47. The minimum absolute atomic E-state index is 0.0304. The van der Waals surface area contributed by atoms with E-state index in [1.165, 1.54) is 11.3 Å². The maximum Gasteiger partial charge on any atom is 0.249 e. The van der Waals surface area contributed by atoms with E-state index >= 15 is 0 Å². The molecule has 1 N–H and O–H groups in total. The highest BCUT2D eigenvalue weighted by Gasteiger charge is 2.50. The molecule has 0 bridgehead atoms. The molecule has 1 aromatic heterocycles. The van der Waals surface area contributed by atoms with Gasteiger partial charge in [-0.3, -0.25) is 4.79 Å². The number of benzene rings is 1. The first kappa shape index (κ1) is 27.5. The lowest BCUT2D eigenvalue weighted by Gasteiger charge is -2.34. The Kier molecular flexibility index (Phi) is 6.89. The van der Waals surface area contributed by atoms with Crippen molar-refractivity contribution < 1.29 is 26.4 Å². The Bertz CT molecular complexity index is 1430. The van der Waals surface area contributed by atoms with Crippen molar-refractivity contribution in [1.29, 1.82) is 5.26 Å². The molecule has 1 saturated heterocycles. The van der Waals surface area contributed by atoms with Crippen molar-refractivity contribution in [2.24, 2.45) is 5.92 Å². The van der Waals surface area contributed by atoms with Crippen molar-refractivity contribution in [2.75, 3.05) is 29.5 Å². The van der Waals surface area contributed by atoms with Crippen molar-refractivity contribution in [3.05, 3.63) is 35.0 Å². The molecule has 3 saturated carbocycles. The van der Waals surface area contributed by atoms with Crippen molar-refractivity contribution in [2.45, 2.75) is 74.4 Å². The molecule has 12 heteroatoms. The molecule has 40 heavy (non-hydrogen) atoms. The summed E-state index contributed by atoms with van der Waals surface area (Å²) in [6.45, 7) is 0.835. The Morgan fingerprint density at radius 2 is 1.80 bits per heavy atom. The molecule has 1 amide bonds. The van der Waals surface area contributed by atoms with Crippen LogP contribution < -0.4 is 10.2 Å². The van der Waals surface area contributed by atoms with Crippen LogP contribution in [0.3, 0.4) is 0 Å². The molecule has 4 fully saturated rings. The summed E-state index contributed by atoms with van der Waals surface area (Å²) in [5, 5.41) is 12.9. The lowest BCUT2D eigenvalue weighted by atomic mass is 9.75. The number of thiazole rings is 1. The molecule has 3 unspecified atom stereocenters.